The van der Waals surface area contributed by atoms with Crippen molar-refractivity contribution in [2.75, 3.05) is 43.4 Å². The first-order valence-electron chi connectivity index (χ1n) is 11.6. The van der Waals surface area contributed by atoms with Crippen LogP contribution in [0.15, 0.2) is 33.9 Å². The summed E-state index contributed by atoms with van der Waals surface area (Å²) in [5.41, 5.74) is 1.30. The van der Waals surface area contributed by atoms with Crippen LogP contribution in [0.3, 0.4) is 0 Å². The van der Waals surface area contributed by atoms with Crippen molar-refractivity contribution in [2.24, 2.45) is 0 Å². The molecule has 4 rings (SSSR count). The molecule has 1 saturated carbocycles. The van der Waals surface area contributed by atoms with Gasteiger partial charge in [0.15, 0.2) is 0 Å². The molecule has 9 heteroatoms. The molecule has 2 fully saturated rings. The maximum atomic E-state index is 12.8. The van der Waals surface area contributed by atoms with Gasteiger partial charge in [-0.25, -0.2) is 4.79 Å². The van der Waals surface area contributed by atoms with E-state index in [0.717, 1.165) is 31.2 Å². The van der Waals surface area contributed by atoms with Gasteiger partial charge in [0.25, 0.3) is 16.8 Å². The second-order valence-electron chi connectivity index (χ2n) is 8.56. The van der Waals surface area contributed by atoms with E-state index in [1.807, 2.05) is 12.1 Å². The minimum absolute atomic E-state index is 0.0801. The van der Waals surface area contributed by atoms with Crippen LogP contribution >= 0.6 is 0 Å². The van der Waals surface area contributed by atoms with E-state index in [9.17, 15) is 19.2 Å². The smallest absolute Gasteiger partial charge is 0.409 e. The van der Waals surface area contributed by atoms with Crippen molar-refractivity contribution in [1.29, 1.82) is 0 Å². The maximum absolute atomic E-state index is 12.8. The van der Waals surface area contributed by atoms with Crippen LogP contribution in [-0.2, 0) is 11.3 Å². The topological polar surface area (TPSA) is 108 Å². The quantitative estimate of drug-likeness (QED) is 0.617. The van der Waals surface area contributed by atoms with Crippen LogP contribution in [-0.4, -0.2) is 60.6 Å². The normalized spacial score (nSPS) is 16.8. The van der Waals surface area contributed by atoms with E-state index in [-0.39, 0.29) is 18.0 Å². The first kappa shape index (κ1) is 22.8. The number of hydrogen-bond donors (Lipinski definition) is 2. The minimum atomic E-state index is -0.482. The summed E-state index contributed by atoms with van der Waals surface area (Å²) in [6.45, 7) is 4.31. The third-order valence-corrected chi connectivity index (χ3v) is 6.38. The summed E-state index contributed by atoms with van der Waals surface area (Å²) in [5, 5.41) is 6.30. The average Bonchev–Trinajstić information content (AvgIpc) is 3.37. The molecular weight excluding hydrogens is 424 g/mol. The molecule has 0 aromatic heterocycles. The molecule has 0 spiro atoms. The Morgan fingerprint density at radius 2 is 1.55 bits per heavy atom. The van der Waals surface area contributed by atoms with Gasteiger partial charge in [0.2, 0.25) is 0 Å². The summed E-state index contributed by atoms with van der Waals surface area (Å²) in [6.07, 6.45) is 3.98. The largest absolute Gasteiger partial charge is 0.450 e. The fourth-order valence-corrected chi connectivity index (χ4v) is 4.42. The van der Waals surface area contributed by atoms with Crippen LogP contribution in [0.4, 0.5) is 16.2 Å². The van der Waals surface area contributed by atoms with E-state index in [1.54, 1.807) is 28.9 Å². The molecule has 0 radical (unpaired) electrons. The summed E-state index contributed by atoms with van der Waals surface area (Å²) < 4.78 is 5.01. The molecular formula is C24H30N4O5. The molecule has 2 amide bonds. The van der Waals surface area contributed by atoms with E-state index >= 15 is 0 Å². The summed E-state index contributed by atoms with van der Waals surface area (Å²) in [7, 11) is 0. The Balaban J connectivity index is 1.30. The molecule has 0 atom stereocenters. The Morgan fingerprint density at radius 3 is 2.18 bits per heavy atom. The highest BCUT2D eigenvalue weighted by molar-refractivity contribution is 5.94. The highest BCUT2D eigenvalue weighted by atomic mass is 16.6. The van der Waals surface area contributed by atoms with Gasteiger partial charge >= 0.3 is 6.09 Å². The summed E-state index contributed by atoms with van der Waals surface area (Å²) in [5.74, 6) is -0.0801. The molecule has 2 aromatic carbocycles. The van der Waals surface area contributed by atoms with Crippen LogP contribution in [0.1, 0.15) is 48.5 Å². The summed E-state index contributed by atoms with van der Waals surface area (Å²) in [4.78, 5) is 51.9. The van der Waals surface area contributed by atoms with Crippen LogP contribution in [0.25, 0.3) is 0 Å². The van der Waals surface area contributed by atoms with Gasteiger partial charge in [0, 0.05) is 44.3 Å². The van der Waals surface area contributed by atoms with Gasteiger partial charge in [-0.15, -0.1) is 0 Å². The van der Waals surface area contributed by atoms with Crippen molar-refractivity contribution in [3.05, 3.63) is 55.8 Å². The van der Waals surface area contributed by atoms with Gasteiger partial charge in [-0.05, 0) is 37.5 Å². The van der Waals surface area contributed by atoms with Crippen LogP contribution in [0.2, 0.25) is 0 Å². The lowest BCUT2D eigenvalue weighted by molar-refractivity contribution is 0.0570. The third-order valence-electron chi connectivity index (χ3n) is 6.38. The summed E-state index contributed by atoms with van der Waals surface area (Å²) >= 11 is 0. The Hall–Kier alpha value is -3.36. The lowest BCUT2D eigenvalue weighted by atomic mass is 10.1. The number of carbonyl (C=O) groups is 2. The highest BCUT2D eigenvalue weighted by Crippen LogP contribution is 2.24. The van der Waals surface area contributed by atoms with Crippen molar-refractivity contribution >= 4 is 23.4 Å². The Labute approximate surface area is 192 Å². The fraction of sp³-hybridized carbons (Fsp3) is 0.500. The monoisotopic (exact) mass is 454 g/mol. The van der Waals surface area contributed by atoms with Crippen LogP contribution in [0.5, 0.6) is 0 Å². The van der Waals surface area contributed by atoms with Gasteiger partial charge < -0.3 is 25.2 Å². The lowest BCUT2D eigenvalue weighted by Crippen LogP contribution is -2.50. The first-order chi connectivity index (χ1) is 16.0. The number of benzene rings is 1. The number of piperazine rings is 1. The van der Waals surface area contributed by atoms with Crippen molar-refractivity contribution in [3.63, 3.8) is 0 Å². The zero-order chi connectivity index (χ0) is 23.4. The Kier molecular flexibility index (Phi) is 6.96. The zero-order valence-electron chi connectivity index (χ0n) is 18.9. The van der Waals surface area contributed by atoms with Crippen molar-refractivity contribution in [2.45, 2.75) is 45.2 Å². The number of carbonyl (C=O) groups excluding carboxylic acids is 2. The number of rotatable bonds is 7. The van der Waals surface area contributed by atoms with Gasteiger partial charge in [0.1, 0.15) is 11.4 Å². The number of ether oxygens (including phenoxy) is 1. The SMILES string of the molecule is CCOC(=O)N1CCN(C(=O)c2ccc(CNc3c(NC4CCCC4)c(=O)c3=O)cc2)CC1. The Morgan fingerprint density at radius 1 is 0.939 bits per heavy atom. The van der Waals surface area contributed by atoms with Gasteiger partial charge in [-0.1, -0.05) is 25.0 Å². The van der Waals surface area contributed by atoms with Crippen LogP contribution in [0, 0.1) is 0 Å². The summed E-state index contributed by atoms with van der Waals surface area (Å²) in [6, 6.07) is 7.46. The van der Waals surface area contributed by atoms with E-state index in [4.69, 9.17) is 4.74 Å². The molecule has 176 valence electrons. The molecule has 2 aromatic rings. The number of hydrogen-bond acceptors (Lipinski definition) is 7. The number of amides is 2. The zero-order valence-corrected chi connectivity index (χ0v) is 18.9. The predicted octanol–water partition coefficient (Wildman–Crippen LogP) is 2.16. The average molecular weight is 455 g/mol. The number of nitrogens with zero attached hydrogens (tertiary/aromatic N) is 2. The standard InChI is InChI=1S/C24H30N4O5/c1-2-33-24(32)28-13-11-27(12-14-28)23(31)17-9-7-16(8-10-17)15-25-19-20(22(30)21(19)29)26-18-5-3-4-6-18/h7-10,18,25-26H,2-6,11-15H2,1H3. The molecule has 9 nitrogen and oxygen atoms in total. The predicted molar refractivity (Wildman–Crippen MR) is 125 cm³/mol. The molecule has 1 saturated heterocycles. The van der Waals surface area contributed by atoms with Gasteiger partial charge in [-0.2, -0.15) is 0 Å². The van der Waals surface area contributed by atoms with Gasteiger partial charge in [-0.3, -0.25) is 14.4 Å². The fourth-order valence-electron chi connectivity index (χ4n) is 4.42. The third kappa shape index (κ3) is 5.02. The van der Waals surface area contributed by atoms with E-state index in [2.05, 4.69) is 10.6 Å². The molecule has 2 N–H and O–H groups in total. The molecule has 1 aliphatic carbocycles. The van der Waals surface area contributed by atoms with Crippen molar-refractivity contribution < 1.29 is 14.3 Å². The lowest BCUT2D eigenvalue weighted by Gasteiger charge is -2.34. The molecule has 2 aliphatic rings. The van der Waals surface area contributed by atoms with Crippen molar-refractivity contribution in [1.82, 2.24) is 9.80 Å². The highest BCUT2D eigenvalue weighted by Gasteiger charge is 2.26. The van der Waals surface area contributed by atoms with E-state index in [0.29, 0.717) is 56.3 Å². The second-order valence-corrected chi connectivity index (χ2v) is 8.56. The molecule has 0 bridgehead atoms. The van der Waals surface area contributed by atoms with E-state index < -0.39 is 10.9 Å². The van der Waals surface area contributed by atoms with E-state index in [1.165, 1.54) is 0 Å². The Bertz CT molecular complexity index is 1060. The van der Waals surface area contributed by atoms with Crippen molar-refractivity contribution in [3.8, 4) is 0 Å². The second kappa shape index (κ2) is 10.1. The maximum Gasteiger partial charge on any atom is 0.409 e. The van der Waals surface area contributed by atoms with Crippen LogP contribution < -0.4 is 21.5 Å². The molecule has 0 unspecified atom stereocenters. The number of anilines is 2. The molecule has 1 heterocycles. The van der Waals surface area contributed by atoms with Gasteiger partial charge in [0.05, 0.1) is 6.61 Å². The minimum Gasteiger partial charge on any atom is -0.450 e. The number of nitrogens with one attached hydrogen (secondary N) is 2. The first-order valence-corrected chi connectivity index (χ1v) is 11.6. The molecule has 1 aliphatic heterocycles. The molecule has 33 heavy (non-hydrogen) atoms.